The molecule has 5 heteroatoms. The van der Waals surface area contributed by atoms with Crippen LogP contribution in [0.25, 0.3) is 5.69 Å². The van der Waals surface area contributed by atoms with Crippen molar-refractivity contribution in [1.82, 2.24) is 4.57 Å². The van der Waals surface area contributed by atoms with Crippen LogP contribution in [0.2, 0.25) is 0 Å². The van der Waals surface area contributed by atoms with E-state index in [0.717, 1.165) is 0 Å². The van der Waals surface area contributed by atoms with E-state index >= 15 is 0 Å². The van der Waals surface area contributed by atoms with Crippen molar-refractivity contribution in [2.45, 2.75) is 20.8 Å². The highest BCUT2D eigenvalue weighted by Crippen LogP contribution is 2.19. The number of ether oxygens (including phenoxy) is 1. The van der Waals surface area contributed by atoms with Gasteiger partial charge in [0, 0.05) is 17.8 Å². The molecule has 0 saturated carbocycles. The second-order valence-corrected chi connectivity index (χ2v) is 5.16. The second-order valence-electron chi connectivity index (χ2n) is 5.16. The summed E-state index contributed by atoms with van der Waals surface area (Å²) in [7, 11) is 0. The summed E-state index contributed by atoms with van der Waals surface area (Å²) in [5, 5.41) is 0. The van der Waals surface area contributed by atoms with Gasteiger partial charge in [0.1, 0.15) is 17.1 Å². The Balaban J connectivity index is 2.64. The zero-order valence-corrected chi connectivity index (χ0v) is 12.8. The Morgan fingerprint density at radius 3 is 2.41 bits per heavy atom. The SMILES string of the molecule is CCOc1ccn(-c2ccc(F)cc2)c(=O)c1C(=O)C(C)C. The Labute approximate surface area is 128 Å². The molecule has 0 aliphatic heterocycles. The molecule has 4 nitrogen and oxygen atoms in total. The number of pyridine rings is 1. The Kier molecular flexibility index (Phi) is 4.75. The summed E-state index contributed by atoms with van der Waals surface area (Å²) in [6.45, 7) is 5.60. The minimum atomic E-state index is -0.462. The van der Waals surface area contributed by atoms with Gasteiger partial charge >= 0.3 is 0 Å². The van der Waals surface area contributed by atoms with Crippen LogP contribution >= 0.6 is 0 Å². The maximum absolute atomic E-state index is 13.0. The second kappa shape index (κ2) is 6.56. The van der Waals surface area contributed by atoms with Crippen LogP contribution in [0.4, 0.5) is 4.39 Å². The van der Waals surface area contributed by atoms with Gasteiger partial charge in [0.2, 0.25) is 0 Å². The van der Waals surface area contributed by atoms with Crippen molar-refractivity contribution in [1.29, 1.82) is 0 Å². The van der Waals surface area contributed by atoms with Crippen molar-refractivity contribution < 1.29 is 13.9 Å². The van der Waals surface area contributed by atoms with Gasteiger partial charge in [0.15, 0.2) is 5.78 Å². The highest BCUT2D eigenvalue weighted by molar-refractivity contribution is 5.99. The fourth-order valence-corrected chi connectivity index (χ4v) is 2.12. The standard InChI is InChI=1S/C17H18FNO3/c1-4-22-14-9-10-19(13-7-5-12(18)6-8-13)17(21)15(14)16(20)11(2)3/h5-11H,4H2,1-3H3. The highest BCUT2D eigenvalue weighted by Gasteiger charge is 2.22. The third-order valence-electron chi connectivity index (χ3n) is 3.23. The molecule has 0 fully saturated rings. The zero-order chi connectivity index (χ0) is 16.3. The summed E-state index contributed by atoms with van der Waals surface area (Å²) < 4.78 is 19.7. The molecule has 1 heterocycles. The predicted molar refractivity (Wildman–Crippen MR) is 82.3 cm³/mol. The van der Waals surface area contributed by atoms with Crippen LogP contribution in [-0.2, 0) is 0 Å². The number of benzene rings is 1. The van der Waals surface area contributed by atoms with Gasteiger partial charge in [-0.2, -0.15) is 0 Å². The van der Waals surface area contributed by atoms with Crippen molar-refractivity contribution in [3.63, 3.8) is 0 Å². The average Bonchev–Trinajstić information content (AvgIpc) is 2.48. The first-order valence-electron chi connectivity index (χ1n) is 7.14. The number of rotatable bonds is 5. The molecule has 0 aliphatic carbocycles. The quantitative estimate of drug-likeness (QED) is 0.797. The summed E-state index contributed by atoms with van der Waals surface area (Å²) >= 11 is 0. The minimum Gasteiger partial charge on any atom is -0.493 e. The van der Waals surface area contributed by atoms with E-state index in [4.69, 9.17) is 4.74 Å². The lowest BCUT2D eigenvalue weighted by Gasteiger charge is -2.14. The van der Waals surface area contributed by atoms with E-state index in [1.807, 2.05) is 0 Å². The number of carbonyl (C=O) groups is 1. The molecule has 0 atom stereocenters. The van der Waals surface area contributed by atoms with Crippen LogP contribution < -0.4 is 10.3 Å². The number of aromatic nitrogens is 1. The van der Waals surface area contributed by atoms with E-state index in [0.29, 0.717) is 12.3 Å². The van der Waals surface area contributed by atoms with Crippen molar-refractivity contribution in [2.75, 3.05) is 6.61 Å². The van der Waals surface area contributed by atoms with E-state index in [-0.39, 0.29) is 28.8 Å². The number of ketones is 1. The summed E-state index contributed by atoms with van der Waals surface area (Å²) in [4.78, 5) is 25.0. The van der Waals surface area contributed by atoms with Crippen molar-refractivity contribution in [3.8, 4) is 11.4 Å². The topological polar surface area (TPSA) is 48.3 Å². The maximum atomic E-state index is 13.0. The van der Waals surface area contributed by atoms with Crippen molar-refractivity contribution >= 4 is 5.78 Å². The molecule has 0 aliphatic rings. The molecular weight excluding hydrogens is 285 g/mol. The number of hydrogen-bond acceptors (Lipinski definition) is 3. The largest absolute Gasteiger partial charge is 0.493 e. The summed E-state index contributed by atoms with van der Waals surface area (Å²) in [5.74, 6) is -0.702. The first-order valence-corrected chi connectivity index (χ1v) is 7.14. The lowest BCUT2D eigenvalue weighted by Crippen LogP contribution is -2.28. The van der Waals surface area contributed by atoms with Gasteiger partial charge in [-0.15, -0.1) is 0 Å². The number of carbonyl (C=O) groups excluding carboxylic acids is 1. The van der Waals surface area contributed by atoms with E-state index in [1.54, 1.807) is 26.8 Å². The molecule has 22 heavy (non-hydrogen) atoms. The molecule has 0 amide bonds. The van der Waals surface area contributed by atoms with Crippen LogP contribution in [0.1, 0.15) is 31.1 Å². The van der Waals surface area contributed by atoms with Crippen LogP contribution in [0.5, 0.6) is 5.75 Å². The monoisotopic (exact) mass is 303 g/mol. The summed E-state index contributed by atoms with van der Waals surface area (Å²) in [6.07, 6.45) is 1.53. The van der Waals surface area contributed by atoms with Crippen LogP contribution in [0.15, 0.2) is 41.3 Å². The Morgan fingerprint density at radius 2 is 1.86 bits per heavy atom. The average molecular weight is 303 g/mol. The summed E-state index contributed by atoms with van der Waals surface area (Å²) in [5.41, 5.74) is 0.0622. The van der Waals surface area contributed by atoms with Gasteiger partial charge in [-0.1, -0.05) is 13.8 Å². The maximum Gasteiger partial charge on any atom is 0.269 e. The van der Waals surface area contributed by atoms with Crippen molar-refractivity contribution in [3.05, 3.63) is 58.3 Å². The number of nitrogens with zero attached hydrogens (tertiary/aromatic N) is 1. The zero-order valence-electron chi connectivity index (χ0n) is 12.8. The third-order valence-corrected chi connectivity index (χ3v) is 3.23. The molecule has 1 aromatic carbocycles. The lowest BCUT2D eigenvalue weighted by atomic mass is 10.0. The Bertz CT molecular complexity index is 733. The third kappa shape index (κ3) is 3.08. The van der Waals surface area contributed by atoms with E-state index in [1.165, 1.54) is 35.0 Å². The smallest absolute Gasteiger partial charge is 0.269 e. The van der Waals surface area contributed by atoms with E-state index in [9.17, 15) is 14.0 Å². The van der Waals surface area contributed by atoms with Crippen LogP contribution in [-0.4, -0.2) is 17.0 Å². The molecule has 0 unspecified atom stereocenters. The molecule has 0 saturated heterocycles. The van der Waals surface area contributed by atoms with E-state index in [2.05, 4.69) is 0 Å². The molecule has 0 N–H and O–H groups in total. The molecule has 1 aromatic heterocycles. The number of Topliss-reactive ketones (excluding diaryl/α,β-unsaturated/α-hetero) is 1. The van der Waals surface area contributed by atoms with Gasteiger partial charge in [-0.05, 0) is 37.3 Å². The normalized spacial score (nSPS) is 10.8. The molecule has 0 bridgehead atoms. The molecule has 116 valence electrons. The molecular formula is C17H18FNO3. The Morgan fingerprint density at radius 1 is 1.23 bits per heavy atom. The number of halogens is 1. The fraction of sp³-hybridized carbons (Fsp3) is 0.294. The summed E-state index contributed by atoms with van der Waals surface area (Å²) in [6, 6.07) is 7.09. The van der Waals surface area contributed by atoms with Gasteiger partial charge in [-0.25, -0.2) is 4.39 Å². The van der Waals surface area contributed by atoms with Crippen LogP contribution in [0.3, 0.4) is 0 Å². The predicted octanol–water partition coefficient (Wildman–Crippen LogP) is 3.21. The minimum absolute atomic E-state index is 0.0312. The molecule has 0 spiro atoms. The lowest BCUT2D eigenvalue weighted by molar-refractivity contribution is 0.0933. The van der Waals surface area contributed by atoms with Crippen LogP contribution in [0, 0.1) is 11.7 Å². The Hall–Kier alpha value is -2.43. The number of hydrogen-bond donors (Lipinski definition) is 0. The molecule has 0 radical (unpaired) electrons. The van der Waals surface area contributed by atoms with Gasteiger partial charge in [0.25, 0.3) is 5.56 Å². The van der Waals surface area contributed by atoms with Gasteiger partial charge < -0.3 is 4.74 Å². The first-order chi connectivity index (χ1) is 10.5. The van der Waals surface area contributed by atoms with Gasteiger partial charge in [0.05, 0.1) is 6.61 Å². The molecule has 2 aromatic rings. The fourth-order valence-electron chi connectivity index (χ4n) is 2.12. The molecule has 2 rings (SSSR count). The highest BCUT2D eigenvalue weighted by atomic mass is 19.1. The van der Waals surface area contributed by atoms with E-state index < -0.39 is 5.56 Å². The van der Waals surface area contributed by atoms with Gasteiger partial charge in [-0.3, -0.25) is 14.2 Å². The first kappa shape index (κ1) is 15.9. The van der Waals surface area contributed by atoms with Crippen molar-refractivity contribution in [2.24, 2.45) is 5.92 Å².